The summed E-state index contributed by atoms with van der Waals surface area (Å²) >= 11 is 7.40. The van der Waals surface area contributed by atoms with Crippen LogP contribution in [-0.4, -0.2) is 20.3 Å². The van der Waals surface area contributed by atoms with E-state index >= 15 is 0 Å². The minimum Gasteiger partial charge on any atom is -0.753 e. The normalized spacial score (nSPS) is 5.89. The van der Waals surface area contributed by atoms with E-state index < -0.39 is 0 Å². The minimum absolute atomic E-state index is 0. The van der Waals surface area contributed by atoms with Gasteiger partial charge in [-0.2, -0.15) is 10.3 Å². The minimum atomic E-state index is 0. The maximum atomic E-state index is 7.13. The molecule has 0 saturated carbocycles. The van der Waals surface area contributed by atoms with Crippen molar-refractivity contribution in [2.24, 2.45) is 0 Å². The van der Waals surface area contributed by atoms with Gasteiger partial charge in [-0.1, -0.05) is 36.6 Å². The van der Waals surface area contributed by atoms with Crippen molar-refractivity contribution in [1.29, 1.82) is 0 Å². The Balaban J connectivity index is -0.000000188. The van der Waals surface area contributed by atoms with Gasteiger partial charge in [0, 0.05) is 24.8 Å². The van der Waals surface area contributed by atoms with Crippen LogP contribution in [0, 0.1) is 0 Å². The molecular formula is C12H10CoN4S2. The summed E-state index contributed by atoms with van der Waals surface area (Å²) in [4.78, 5) is 7.57. The van der Waals surface area contributed by atoms with E-state index in [1.807, 2.05) is 36.4 Å². The van der Waals surface area contributed by atoms with E-state index in [2.05, 4.69) is 34.4 Å². The summed E-state index contributed by atoms with van der Waals surface area (Å²) in [5, 5.41) is 16.9. The molecule has 7 heteroatoms. The number of isothiocyanates is 2. The number of hydrogen-bond acceptors (Lipinski definition) is 4. The zero-order valence-electron chi connectivity index (χ0n) is 9.71. The molecule has 2 aromatic rings. The largest absolute Gasteiger partial charge is 2.00 e. The smallest absolute Gasteiger partial charge is 0.753 e. The summed E-state index contributed by atoms with van der Waals surface area (Å²) in [6, 6.07) is 11.4. The first-order valence-corrected chi connectivity index (χ1v) is 5.37. The third-order valence-electron chi connectivity index (χ3n) is 1.13. The Bertz CT molecular complexity index is 331. The van der Waals surface area contributed by atoms with Crippen molar-refractivity contribution in [3.63, 3.8) is 0 Å². The van der Waals surface area contributed by atoms with Crippen molar-refractivity contribution < 1.29 is 16.8 Å². The third-order valence-corrected chi connectivity index (χ3v) is 1.13. The van der Waals surface area contributed by atoms with Crippen LogP contribution in [0.3, 0.4) is 0 Å². The van der Waals surface area contributed by atoms with E-state index in [9.17, 15) is 0 Å². The van der Waals surface area contributed by atoms with Gasteiger partial charge in [-0.3, -0.25) is 9.97 Å². The molecule has 0 aliphatic heterocycles. The molecule has 0 aliphatic carbocycles. The van der Waals surface area contributed by atoms with Gasteiger partial charge in [0.2, 0.25) is 0 Å². The molecular weight excluding hydrogens is 323 g/mol. The monoisotopic (exact) mass is 333 g/mol. The van der Waals surface area contributed by atoms with E-state index in [0.29, 0.717) is 0 Å². The molecule has 0 amide bonds. The van der Waals surface area contributed by atoms with Gasteiger partial charge in [0.05, 0.1) is 0 Å². The summed E-state index contributed by atoms with van der Waals surface area (Å²) in [6.45, 7) is 0. The van der Waals surface area contributed by atoms with Crippen molar-refractivity contribution in [2.75, 3.05) is 0 Å². The van der Waals surface area contributed by atoms with Gasteiger partial charge >= 0.3 is 16.8 Å². The van der Waals surface area contributed by atoms with E-state index in [1.165, 1.54) is 10.3 Å². The molecule has 99 valence electrons. The van der Waals surface area contributed by atoms with Crippen LogP contribution < -0.4 is 0 Å². The van der Waals surface area contributed by atoms with Crippen LogP contribution >= 0.6 is 24.4 Å². The van der Waals surface area contributed by atoms with Crippen LogP contribution in [0.15, 0.2) is 61.2 Å². The van der Waals surface area contributed by atoms with Gasteiger partial charge in [-0.15, -0.1) is 0 Å². The molecule has 0 spiro atoms. The predicted molar refractivity (Wildman–Crippen MR) is 80.4 cm³/mol. The molecule has 2 rings (SSSR count). The Kier molecular flexibility index (Phi) is 30.1. The number of hydrogen-bond donors (Lipinski definition) is 0. The average Bonchev–Trinajstić information content (AvgIpc) is 2.45. The number of thiocarbonyl (C=S) groups is 2. The summed E-state index contributed by atoms with van der Waals surface area (Å²) in [5.41, 5.74) is 0. The number of rotatable bonds is 0. The second-order valence-electron chi connectivity index (χ2n) is 2.23. The number of pyridine rings is 2. The summed E-state index contributed by atoms with van der Waals surface area (Å²) in [5.74, 6) is 0. The third kappa shape index (κ3) is 31.4. The fourth-order valence-electron chi connectivity index (χ4n) is 0.625. The van der Waals surface area contributed by atoms with Gasteiger partial charge in [-0.05, 0) is 24.3 Å². The van der Waals surface area contributed by atoms with E-state index in [1.54, 1.807) is 24.8 Å². The van der Waals surface area contributed by atoms with E-state index in [0.717, 1.165) is 0 Å². The summed E-state index contributed by atoms with van der Waals surface area (Å²) in [7, 11) is 0. The van der Waals surface area contributed by atoms with Crippen LogP contribution in [0.1, 0.15) is 0 Å². The molecule has 19 heavy (non-hydrogen) atoms. The SMILES string of the molecule is [Co+2].[N-]=C=S.[N-]=C=S.c1ccncc1.c1ccncc1. The molecule has 0 saturated heterocycles. The topological polar surface area (TPSA) is 70.4 Å². The quantitative estimate of drug-likeness (QED) is 0.547. The molecule has 0 fully saturated rings. The Morgan fingerprint density at radius 3 is 0.895 bits per heavy atom. The zero-order valence-corrected chi connectivity index (χ0v) is 12.4. The standard InChI is InChI=1S/2C5H5N.2CNS.Co/c2*1-2-4-6-5-3-1;2*2-1-3;/h2*1-5H;;;/q;;2*-1;+2. The molecule has 0 N–H and O–H groups in total. The molecule has 0 unspecified atom stereocenters. The second kappa shape index (κ2) is 25.3. The number of nitrogens with zero attached hydrogens (tertiary/aromatic N) is 4. The first-order valence-electron chi connectivity index (χ1n) is 4.55. The Morgan fingerprint density at radius 1 is 0.632 bits per heavy atom. The molecule has 4 nitrogen and oxygen atoms in total. The molecule has 1 radical (unpaired) electrons. The predicted octanol–water partition coefficient (Wildman–Crippen LogP) is 3.48. The fraction of sp³-hybridized carbons (Fsp3) is 0. The van der Waals surface area contributed by atoms with E-state index in [-0.39, 0.29) is 16.8 Å². The molecule has 0 aromatic carbocycles. The van der Waals surface area contributed by atoms with E-state index in [4.69, 9.17) is 10.8 Å². The van der Waals surface area contributed by atoms with Crippen molar-refractivity contribution in [1.82, 2.24) is 9.97 Å². The van der Waals surface area contributed by atoms with Gasteiger partial charge in [0.25, 0.3) is 0 Å². The molecule has 2 heterocycles. The molecule has 2 aromatic heterocycles. The van der Waals surface area contributed by atoms with Crippen LogP contribution in [0.5, 0.6) is 0 Å². The van der Waals surface area contributed by atoms with Crippen LogP contribution in [0.4, 0.5) is 0 Å². The second-order valence-corrected chi connectivity index (χ2v) is 2.60. The molecule has 0 bridgehead atoms. The first kappa shape index (κ1) is 22.6. The van der Waals surface area contributed by atoms with Gasteiger partial charge < -0.3 is 10.8 Å². The molecule has 0 atom stereocenters. The van der Waals surface area contributed by atoms with Crippen molar-refractivity contribution in [2.45, 2.75) is 0 Å². The van der Waals surface area contributed by atoms with Gasteiger partial charge in [0.1, 0.15) is 0 Å². The van der Waals surface area contributed by atoms with Crippen LogP contribution in [-0.2, 0) is 16.8 Å². The zero-order chi connectivity index (χ0) is 13.9. The van der Waals surface area contributed by atoms with Crippen molar-refractivity contribution in [3.8, 4) is 0 Å². The summed E-state index contributed by atoms with van der Waals surface area (Å²) in [6.07, 6.45) is 7.00. The maximum absolute atomic E-state index is 7.13. The van der Waals surface area contributed by atoms with Crippen molar-refractivity contribution in [3.05, 3.63) is 72.0 Å². The average molecular weight is 333 g/mol. The first-order chi connectivity index (χ1) is 8.83. The number of aromatic nitrogens is 2. The van der Waals surface area contributed by atoms with Crippen LogP contribution in [0.25, 0.3) is 10.8 Å². The molecule has 0 aliphatic rings. The van der Waals surface area contributed by atoms with Crippen LogP contribution in [0.2, 0.25) is 0 Å². The van der Waals surface area contributed by atoms with Gasteiger partial charge in [-0.25, -0.2) is 0 Å². The summed E-state index contributed by atoms with van der Waals surface area (Å²) < 4.78 is 0. The fourth-order valence-corrected chi connectivity index (χ4v) is 0.625. The van der Waals surface area contributed by atoms with Gasteiger partial charge in [0.15, 0.2) is 0 Å². The Hall–Kier alpha value is -1.59. The Morgan fingerprint density at radius 2 is 0.842 bits per heavy atom. The van der Waals surface area contributed by atoms with Crippen molar-refractivity contribution >= 4 is 34.8 Å². The Labute approximate surface area is 133 Å². The maximum Gasteiger partial charge on any atom is 2.00 e.